The minimum Gasteiger partial charge on any atom is -0.478 e. The van der Waals surface area contributed by atoms with Crippen molar-refractivity contribution in [2.75, 3.05) is 11.9 Å². The maximum absolute atomic E-state index is 11.5. The summed E-state index contributed by atoms with van der Waals surface area (Å²) in [6.07, 6.45) is 0. The van der Waals surface area contributed by atoms with Crippen molar-refractivity contribution in [2.45, 2.75) is 20.4 Å². The Labute approximate surface area is 129 Å². The van der Waals surface area contributed by atoms with Crippen LogP contribution in [0, 0.1) is 13.8 Å². The van der Waals surface area contributed by atoms with E-state index in [0.29, 0.717) is 23.6 Å². The maximum atomic E-state index is 11.5. The van der Waals surface area contributed by atoms with Crippen LogP contribution in [0.4, 0.5) is 5.82 Å². The van der Waals surface area contributed by atoms with E-state index in [1.165, 1.54) is 0 Å². The minimum absolute atomic E-state index is 0.217. The molecule has 0 aliphatic carbocycles. The van der Waals surface area contributed by atoms with Crippen molar-refractivity contribution in [3.05, 3.63) is 37.6 Å². The van der Waals surface area contributed by atoms with Gasteiger partial charge in [0.1, 0.15) is 5.56 Å². The van der Waals surface area contributed by atoms with Crippen LogP contribution in [-0.2, 0) is 6.54 Å². The zero-order valence-electron chi connectivity index (χ0n) is 11.3. The van der Waals surface area contributed by atoms with Crippen molar-refractivity contribution in [1.29, 1.82) is 0 Å². The SMILES string of the molecule is Cc1nnc(N(C)Cc2csc(Br)c2)c(C(=O)O)c1C. The quantitative estimate of drug-likeness (QED) is 0.911. The topological polar surface area (TPSA) is 66.3 Å². The summed E-state index contributed by atoms with van der Waals surface area (Å²) in [5.74, 6) is -0.586. The van der Waals surface area contributed by atoms with Crippen molar-refractivity contribution in [1.82, 2.24) is 10.2 Å². The smallest absolute Gasteiger partial charge is 0.339 e. The van der Waals surface area contributed by atoms with E-state index < -0.39 is 5.97 Å². The molecule has 0 atom stereocenters. The number of carbonyl (C=O) groups is 1. The van der Waals surface area contributed by atoms with Crippen LogP contribution in [-0.4, -0.2) is 28.3 Å². The van der Waals surface area contributed by atoms with Gasteiger partial charge in [-0.1, -0.05) is 0 Å². The number of aromatic carboxylic acids is 1. The Morgan fingerprint density at radius 2 is 2.15 bits per heavy atom. The Morgan fingerprint density at radius 3 is 2.70 bits per heavy atom. The fourth-order valence-electron chi connectivity index (χ4n) is 1.90. The van der Waals surface area contributed by atoms with Gasteiger partial charge in [-0.3, -0.25) is 0 Å². The summed E-state index contributed by atoms with van der Waals surface area (Å²) in [7, 11) is 1.82. The third-order valence-corrected chi connectivity index (χ3v) is 4.61. The number of nitrogens with zero attached hydrogens (tertiary/aromatic N) is 3. The molecule has 5 nitrogen and oxygen atoms in total. The summed E-state index contributed by atoms with van der Waals surface area (Å²) in [5, 5.41) is 19.5. The predicted octanol–water partition coefficient (Wildman–Crippen LogP) is 3.25. The number of hydrogen-bond donors (Lipinski definition) is 1. The predicted molar refractivity (Wildman–Crippen MR) is 82.6 cm³/mol. The number of rotatable bonds is 4. The average Bonchev–Trinajstić information content (AvgIpc) is 2.77. The summed E-state index contributed by atoms with van der Waals surface area (Å²) >= 11 is 5.01. The van der Waals surface area contributed by atoms with Crippen LogP contribution in [0.25, 0.3) is 0 Å². The molecule has 0 aliphatic heterocycles. The Morgan fingerprint density at radius 1 is 1.45 bits per heavy atom. The molecule has 0 saturated heterocycles. The van der Waals surface area contributed by atoms with Gasteiger partial charge in [0.2, 0.25) is 0 Å². The third kappa shape index (κ3) is 2.99. The minimum atomic E-state index is -0.978. The lowest BCUT2D eigenvalue weighted by molar-refractivity contribution is 0.0696. The summed E-state index contributed by atoms with van der Waals surface area (Å²) in [6.45, 7) is 4.10. The molecule has 0 aliphatic rings. The molecular weight excluding hydrogens is 342 g/mol. The molecule has 106 valence electrons. The van der Waals surface area contributed by atoms with Crippen LogP contribution in [0.5, 0.6) is 0 Å². The number of hydrogen-bond acceptors (Lipinski definition) is 5. The van der Waals surface area contributed by atoms with Gasteiger partial charge in [-0.05, 0) is 52.4 Å². The molecule has 1 N–H and O–H groups in total. The molecule has 0 amide bonds. The highest BCUT2D eigenvalue weighted by Gasteiger charge is 2.20. The monoisotopic (exact) mass is 355 g/mol. The molecule has 0 unspecified atom stereocenters. The second-order valence-corrected chi connectivity index (χ2v) is 6.82. The van der Waals surface area contributed by atoms with E-state index in [4.69, 9.17) is 0 Å². The molecule has 7 heteroatoms. The second-order valence-electron chi connectivity index (χ2n) is 4.53. The molecular formula is C13H14BrN3O2S. The van der Waals surface area contributed by atoms with Gasteiger partial charge in [0.25, 0.3) is 0 Å². The molecule has 0 fully saturated rings. The van der Waals surface area contributed by atoms with Gasteiger partial charge >= 0.3 is 5.97 Å². The molecule has 2 aromatic rings. The van der Waals surface area contributed by atoms with Gasteiger partial charge in [0, 0.05) is 13.6 Å². The number of anilines is 1. The van der Waals surface area contributed by atoms with Gasteiger partial charge in [-0.25, -0.2) is 4.79 Å². The molecule has 2 rings (SSSR count). The molecule has 2 aromatic heterocycles. The van der Waals surface area contributed by atoms with Crippen LogP contribution < -0.4 is 4.90 Å². The molecule has 2 heterocycles. The fraction of sp³-hybridized carbons (Fsp3) is 0.308. The number of carboxylic acid groups (broad SMARTS) is 1. The Hall–Kier alpha value is -1.47. The molecule has 0 spiro atoms. The molecule has 0 saturated carbocycles. The van der Waals surface area contributed by atoms with Gasteiger partial charge in [0.15, 0.2) is 5.82 Å². The van der Waals surface area contributed by atoms with Gasteiger partial charge < -0.3 is 10.0 Å². The number of aromatic nitrogens is 2. The first-order valence-corrected chi connectivity index (χ1v) is 7.58. The number of halogens is 1. The van der Waals surface area contributed by atoms with Crippen LogP contribution in [0.15, 0.2) is 15.2 Å². The number of carboxylic acids is 1. The first-order valence-electron chi connectivity index (χ1n) is 5.91. The highest BCUT2D eigenvalue weighted by atomic mass is 79.9. The largest absolute Gasteiger partial charge is 0.478 e. The standard InChI is InChI=1S/C13H14BrN3O2S/c1-7-8(2)15-16-12(11(7)13(18)19)17(3)5-9-4-10(14)20-6-9/h4,6H,5H2,1-3H3,(H,18,19). The zero-order chi connectivity index (χ0) is 14.9. The maximum Gasteiger partial charge on any atom is 0.339 e. The fourth-order valence-corrected chi connectivity index (χ4v) is 3.10. The van der Waals surface area contributed by atoms with Crippen molar-refractivity contribution >= 4 is 39.1 Å². The van der Waals surface area contributed by atoms with Gasteiger partial charge in [-0.15, -0.1) is 16.4 Å². The molecule has 0 radical (unpaired) electrons. The molecule has 0 bridgehead atoms. The number of aryl methyl sites for hydroxylation is 1. The van der Waals surface area contributed by atoms with Crippen molar-refractivity contribution in [2.24, 2.45) is 0 Å². The first-order chi connectivity index (χ1) is 9.40. The van der Waals surface area contributed by atoms with E-state index in [2.05, 4.69) is 26.1 Å². The van der Waals surface area contributed by atoms with Crippen molar-refractivity contribution in [3.8, 4) is 0 Å². The third-order valence-electron chi connectivity index (χ3n) is 3.05. The second kappa shape index (κ2) is 5.88. The Kier molecular flexibility index (Phi) is 4.39. The van der Waals surface area contributed by atoms with Crippen molar-refractivity contribution in [3.63, 3.8) is 0 Å². The molecule has 0 aromatic carbocycles. The lowest BCUT2D eigenvalue weighted by Gasteiger charge is -2.20. The van der Waals surface area contributed by atoms with Gasteiger partial charge in [-0.2, -0.15) is 5.10 Å². The lowest BCUT2D eigenvalue weighted by Crippen LogP contribution is -2.22. The lowest BCUT2D eigenvalue weighted by atomic mass is 10.1. The summed E-state index contributed by atoms with van der Waals surface area (Å²) in [5.41, 5.74) is 2.61. The van der Waals surface area contributed by atoms with Crippen LogP contribution >= 0.6 is 27.3 Å². The highest BCUT2D eigenvalue weighted by Crippen LogP contribution is 2.25. The van der Waals surface area contributed by atoms with E-state index in [0.717, 1.165) is 9.35 Å². The zero-order valence-corrected chi connectivity index (χ0v) is 13.7. The van der Waals surface area contributed by atoms with Crippen molar-refractivity contribution < 1.29 is 9.90 Å². The Balaban J connectivity index is 2.36. The van der Waals surface area contributed by atoms with E-state index in [1.807, 2.05) is 18.5 Å². The number of thiophene rings is 1. The van der Waals surface area contributed by atoms with E-state index >= 15 is 0 Å². The summed E-state index contributed by atoms with van der Waals surface area (Å²) in [4.78, 5) is 13.3. The van der Waals surface area contributed by atoms with Crippen LogP contribution in [0.3, 0.4) is 0 Å². The average molecular weight is 356 g/mol. The Bertz CT molecular complexity index is 657. The molecule has 20 heavy (non-hydrogen) atoms. The normalized spacial score (nSPS) is 10.6. The van der Waals surface area contributed by atoms with Gasteiger partial charge in [0.05, 0.1) is 9.48 Å². The highest BCUT2D eigenvalue weighted by molar-refractivity contribution is 9.11. The van der Waals surface area contributed by atoms with E-state index in [-0.39, 0.29) is 5.56 Å². The summed E-state index contributed by atoms with van der Waals surface area (Å²) < 4.78 is 1.05. The summed E-state index contributed by atoms with van der Waals surface area (Å²) in [6, 6.07) is 2.01. The van der Waals surface area contributed by atoms with E-state index in [9.17, 15) is 9.90 Å². The van der Waals surface area contributed by atoms with Crippen LogP contribution in [0.2, 0.25) is 0 Å². The van der Waals surface area contributed by atoms with Crippen LogP contribution in [0.1, 0.15) is 27.2 Å². The first kappa shape index (κ1) is 14.9. The van der Waals surface area contributed by atoms with E-state index in [1.54, 1.807) is 30.1 Å².